The van der Waals surface area contributed by atoms with Crippen molar-refractivity contribution in [2.45, 2.75) is 12.8 Å². The summed E-state index contributed by atoms with van der Waals surface area (Å²) in [4.78, 5) is 31.0. The molecular formula is C12H18N2O4. The summed E-state index contributed by atoms with van der Waals surface area (Å²) in [5, 5.41) is 7.60. The standard InChI is InChI=1S/C6H9NO.C3H5NO.C3H4O2/c1-2-7-5-3-4-6(7)8;2*1-2-3(4)5/h2H,1,3-5H2;2H,1H2,(H2,4,5);2H,1H2,(H,4,5). The lowest BCUT2D eigenvalue weighted by atomic mass is 10.4. The molecule has 0 atom stereocenters. The minimum atomic E-state index is -0.981. The van der Waals surface area contributed by atoms with Crippen molar-refractivity contribution in [2.24, 2.45) is 5.73 Å². The molecule has 100 valence electrons. The summed E-state index contributed by atoms with van der Waals surface area (Å²) in [5.74, 6) is -1.25. The number of hydrogen-bond acceptors (Lipinski definition) is 3. The van der Waals surface area contributed by atoms with Gasteiger partial charge in [0, 0.05) is 19.0 Å². The van der Waals surface area contributed by atoms with E-state index in [1.165, 1.54) is 0 Å². The van der Waals surface area contributed by atoms with Gasteiger partial charge in [-0.2, -0.15) is 0 Å². The van der Waals surface area contributed by atoms with Crippen LogP contribution in [0.25, 0.3) is 0 Å². The number of aliphatic carboxylic acids is 1. The Kier molecular flexibility index (Phi) is 11.1. The second-order valence-corrected chi connectivity index (χ2v) is 3.02. The molecule has 0 unspecified atom stereocenters. The van der Waals surface area contributed by atoms with Crippen LogP contribution >= 0.6 is 0 Å². The van der Waals surface area contributed by atoms with Gasteiger partial charge in [0.15, 0.2) is 0 Å². The summed E-state index contributed by atoms with van der Waals surface area (Å²) < 4.78 is 0. The van der Waals surface area contributed by atoms with Gasteiger partial charge >= 0.3 is 5.97 Å². The number of amides is 2. The molecule has 0 aromatic rings. The maximum Gasteiger partial charge on any atom is 0.327 e. The summed E-state index contributed by atoms with van der Waals surface area (Å²) in [7, 11) is 0. The quantitative estimate of drug-likeness (QED) is 0.722. The Bertz CT molecular complexity index is 319. The van der Waals surface area contributed by atoms with Crippen LogP contribution in [0.3, 0.4) is 0 Å². The third-order valence-electron chi connectivity index (χ3n) is 1.71. The average molecular weight is 254 g/mol. The third-order valence-corrected chi connectivity index (χ3v) is 1.71. The van der Waals surface area contributed by atoms with Crippen LogP contribution < -0.4 is 5.73 Å². The molecule has 0 saturated carbocycles. The smallest absolute Gasteiger partial charge is 0.327 e. The van der Waals surface area contributed by atoms with Crippen molar-refractivity contribution in [1.29, 1.82) is 0 Å². The summed E-state index contributed by atoms with van der Waals surface area (Å²) in [6, 6.07) is 0. The van der Waals surface area contributed by atoms with Crippen molar-refractivity contribution < 1.29 is 19.5 Å². The monoisotopic (exact) mass is 254 g/mol. The van der Waals surface area contributed by atoms with E-state index >= 15 is 0 Å². The van der Waals surface area contributed by atoms with E-state index in [1.54, 1.807) is 11.1 Å². The molecule has 1 saturated heterocycles. The van der Waals surface area contributed by atoms with Crippen molar-refractivity contribution >= 4 is 17.8 Å². The number of rotatable bonds is 3. The Morgan fingerprint density at radius 1 is 1.28 bits per heavy atom. The van der Waals surface area contributed by atoms with Crippen LogP contribution in [0.4, 0.5) is 0 Å². The van der Waals surface area contributed by atoms with Crippen LogP contribution in [-0.4, -0.2) is 34.3 Å². The Morgan fingerprint density at radius 3 is 1.83 bits per heavy atom. The molecule has 0 aromatic heterocycles. The van der Waals surface area contributed by atoms with Crippen LogP contribution in [-0.2, 0) is 14.4 Å². The highest BCUT2D eigenvalue weighted by Crippen LogP contribution is 2.08. The molecule has 1 rings (SSSR count). The van der Waals surface area contributed by atoms with E-state index in [9.17, 15) is 14.4 Å². The molecule has 0 aromatic carbocycles. The van der Waals surface area contributed by atoms with Crippen molar-refractivity contribution in [3.63, 3.8) is 0 Å². The number of nitrogens with zero attached hydrogens (tertiary/aromatic N) is 1. The normalized spacial score (nSPS) is 12.2. The third kappa shape index (κ3) is 11.7. The molecular weight excluding hydrogens is 236 g/mol. The molecule has 18 heavy (non-hydrogen) atoms. The zero-order chi connectivity index (χ0) is 14.6. The van der Waals surface area contributed by atoms with Gasteiger partial charge in [0.05, 0.1) is 0 Å². The molecule has 0 aliphatic carbocycles. The number of primary amides is 1. The minimum Gasteiger partial charge on any atom is -0.478 e. The first kappa shape index (κ1) is 18.0. The molecule has 1 fully saturated rings. The van der Waals surface area contributed by atoms with Crippen LogP contribution in [0, 0.1) is 0 Å². The highest BCUT2D eigenvalue weighted by Gasteiger charge is 2.15. The second kappa shape index (κ2) is 11.1. The lowest BCUT2D eigenvalue weighted by Crippen LogP contribution is -2.16. The number of hydrogen-bond donors (Lipinski definition) is 2. The first-order valence-electron chi connectivity index (χ1n) is 5.08. The van der Waals surface area contributed by atoms with Gasteiger partial charge in [-0.15, -0.1) is 0 Å². The van der Waals surface area contributed by atoms with E-state index in [1.807, 2.05) is 0 Å². The molecule has 3 N–H and O–H groups in total. The SMILES string of the molecule is C=CC(=O)O.C=CC(N)=O.C=CN1CCCC1=O. The predicted molar refractivity (Wildman–Crippen MR) is 68.4 cm³/mol. The number of carbonyl (C=O) groups is 3. The topological polar surface area (TPSA) is 101 Å². The van der Waals surface area contributed by atoms with Gasteiger partial charge in [0.2, 0.25) is 11.8 Å². The van der Waals surface area contributed by atoms with Gasteiger partial charge in [-0.05, 0) is 18.7 Å². The van der Waals surface area contributed by atoms with E-state index in [0.29, 0.717) is 6.42 Å². The van der Waals surface area contributed by atoms with Gasteiger partial charge in [-0.25, -0.2) is 4.79 Å². The Labute approximate surface area is 106 Å². The number of carboxylic acid groups (broad SMARTS) is 1. The molecule has 1 aliphatic heterocycles. The van der Waals surface area contributed by atoms with E-state index in [2.05, 4.69) is 25.5 Å². The molecule has 0 radical (unpaired) electrons. The maximum absolute atomic E-state index is 10.7. The molecule has 2 amide bonds. The van der Waals surface area contributed by atoms with Crippen molar-refractivity contribution in [3.05, 3.63) is 38.1 Å². The lowest BCUT2D eigenvalue weighted by molar-refractivity contribution is -0.131. The van der Waals surface area contributed by atoms with Gasteiger partial charge in [-0.3, -0.25) is 9.59 Å². The molecule has 6 nitrogen and oxygen atoms in total. The molecule has 1 heterocycles. The first-order chi connectivity index (χ1) is 8.38. The first-order valence-corrected chi connectivity index (χ1v) is 5.08. The summed E-state index contributed by atoms with van der Waals surface area (Å²) in [5.41, 5.74) is 4.53. The number of likely N-dealkylation sites (tertiary alicyclic amines) is 1. The van der Waals surface area contributed by atoms with Crippen LogP contribution in [0.1, 0.15) is 12.8 Å². The van der Waals surface area contributed by atoms with Crippen LogP contribution in [0.5, 0.6) is 0 Å². The zero-order valence-electron chi connectivity index (χ0n) is 10.2. The summed E-state index contributed by atoms with van der Waals surface area (Å²) >= 11 is 0. The van der Waals surface area contributed by atoms with E-state index in [0.717, 1.165) is 25.1 Å². The Hall–Kier alpha value is -2.37. The predicted octanol–water partition coefficient (Wildman–Crippen LogP) is 0.667. The minimum absolute atomic E-state index is 0.208. The summed E-state index contributed by atoms with van der Waals surface area (Å²) in [6.07, 6.45) is 5.17. The average Bonchev–Trinajstić information content (AvgIpc) is 2.76. The zero-order valence-corrected chi connectivity index (χ0v) is 10.2. The van der Waals surface area contributed by atoms with Crippen molar-refractivity contribution in [3.8, 4) is 0 Å². The Balaban J connectivity index is 0. The fourth-order valence-electron chi connectivity index (χ4n) is 0.862. The van der Waals surface area contributed by atoms with Crippen molar-refractivity contribution in [2.75, 3.05) is 6.54 Å². The molecule has 0 spiro atoms. The Morgan fingerprint density at radius 2 is 1.72 bits per heavy atom. The molecule has 0 bridgehead atoms. The van der Waals surface area contributed by atoms with E-state index in [4.69, 9.17) is 5.11 Å². The molecule has 6 heteroatoms. The number of carbonyl (C=O) groups excluding carboxylic acids is 2. The highest BCUT2D eigenvalue weighted by molar-refractivity contribution is 5.85. The maximum atomic E-state index is 10.7. The summed E-state index contributed by atoms with van der Waals surface area (Å²) in [6.45, 7) is 10.4. The number of carboxylic acids is 1. The van der Waals surface area contributed by atoms with Crippen LogP contribution in [0.15, 0.2) is 38.1 Å². The lowest BCUT2D eigenvalue weighted by Gasteiger charge is -2.05. The fraction of sp³-hybridized carbons (Fsp3) is 0.250. The molecule has 1 aliphatic rings. The van der Waals surface area contributed by atoms with Crippen LogP contribution in [0.2, 0.25) is 0 Å². The van der Waals surface area contributed by atoms with Gasteiger partial charge < -0.3 is 15.7 Å². The number of nitrogens with two attached hydrogens (primary N) is 1. The van der Waals surface area contributed by atoms with Gasteiger partial charge in [0.25, 0.3) is 0 Å². The van der Waals surface area contributed by atoms with Gasteiger partial charge in [-0.1, -0.05) is 19.7 Å². The highest BCUT2D eigenvalue weighted by atomic mass is 16.4. The van der Waals surface area contributed by atoms with Gasteiger partial charge in [0.1, 0.15) is 0 Å². The fourth-order valence-corrected chi connectivity index (χ4v) is 0.862. The largest absolute Gasteiger partial charge is 0.478 e. The second-order valence-electron chi connectivity index (χ2n) is 3.02. The van der Waals surface area contributed by atoms with Crippen molar-refractivity contribution in [1.82, 2.24) is 4.90 Å². The van der Waals surface area contributed by atoms with E-state index in [-0.39, 0.29) is 5.91 Å². The van der Waals surface area contributed by atoms with E-state index < -0.39 is 11.9 Å².